The lowest BCUT2D eigenvalue weighted by molar-refractivity contribution is 0.415. The van der Waals surface area contributed by atoms with Crippen molar-refractivity contribution in [2.75, 3.05) is 12.9 Å². The molecule has 3 N–H and O–H groups in total. The van der Waals surface area contributed by atoms with Gasteiger partial charge < -0.3 is 10.5 Å². The van der Waals surface area contributed by atoms with E-state index in [0.29, 0.717) is 0 Å². The van der Waals surface area contributed by atoms with Crippen molar-refractivity contribution in [1.29, 1.82) is 0 Å². The zero-order chi connectivity index (χ0) is 16.9. The quantitative estimate of drug-likeness (QED) is 0.462. The molecule has 0 bridgehead atoms. The largest absolute Gasteiger partial charge is 0.497 e. The number of methoxy groups -OCH3 is 1. The number of ether oxygens (including phenoxy) is 1. The maximum absolute atomic E-state index is 5.93. The van der Waals surface area contributed by atoms with E-state index in [0.717, 1.165) is 39.4 Å². The lowest BCUT2D eigenvalue weighted by Gasteiger charge is -2.17. The van der Waals surface area contributed by atoms with Crippen LogP contribution in [0.5, 0.6) is 5.75 Å². The fraction of sp³-hybridized carbons (Fsp3) is 0.176. The van der Waals surface area contributed by atoms with Gasteiger partial charge in [0, 0.05) is 27.1 Å². The Morgan fingerprint density at radius 1 is 1.25 bits per heavy atom. The fourth-order valence-corrected chi connectivity index (χ4v) is 3.68. The summed E-state index contributed by atoms with van der Waals surface area (Å²) in [5.41, 5.74) is 11.6. The smallest absolute Gasteiger partial charge is 0.214 e. The van der Waals surface area contributed by atoms with Gasteiger partial charge in [0.2, 0.25) is 5.96 Å². The van der Waals surface area contributed by atoms with Crippen molar-refractivity contribution in [2.45, 2.75) is 11.3 Å². The number of nitrogens with one attached hydrogen (secondary N) is 1. The third kappa shape index (κ3) is 4.10. The number of thioether (sulfide) groups is 1. The molecule has 0 radical (unpaired) electrons. The summed E-state index contributed by atoms with van der Waals surface area (Å²) in [6, 6.07) is 13.6. The molecular formula is C17H17BrN4OS. The molecule has 0 aliphatic carbocycles. The van der Waals surface area contributed by atoms with Gasteiger partial charge in [-0.3, -0.25) is 0 Å². The van der Waals surface area contributed by atoms with E-state index in [1.807, 2.05) is 42.1 Å². The molecule has 0 aromatic heterocycles. The number of nitrogens with zero attached hydrogens (tertiary/aromatic N) is 2. The molecule has 124 valence electrons. The second-order valence-electron chi connectivity index (χ2n) is 5.10. The monoisotopic (exact) mass is 404 g/mol. The molecular weight excluding hydrogens is 388 g/mol. The zero-order valence-electron chi connectivity index (χ0n) is 13.1. The number of benzene rings is 2. The Morgan fingerprint density at radius 2 is 2.04 bits per heavy atom. The van der Waals surface area contributed by atoms with Gasteiger partial charge in [-0.1, -0.05) is 15.9 Å². The van der Waals surface area contributed by atoms with Crippen molar-refractivity contribution < 1.29 is 4.74 Å². The predicted molar refractivity (Wildman–Crippen MR) is 103 cm³/mol. The highest BCUT2D eigenvalue weighted by molar-refractivity contribution is 9.10. The molecule has 2 aromatic rings. The molecule has 7 heteroatoms. The molecule has 5 nitrogen and oxygen atoms in total. The number of hydrogen-bond acceptors (Lipinski definition) is 4. The van der Waals surface area contributed by atoms with Crippen LogP contribution in [0.25, 0.3) is 0 Å². The summed E-state index contributed by atoms with van der Waals surface area (Å²) < 4.78 is 6.16. The second-order valence-corrected chi connectivity index (χ2v) is 7.16. The Labute approximate surface area is 153 Å². The Morgan fingerprint density at radius 3 is 2.79 bits per heavy atom. The lowest BCUT2D eigenvalue weighted by Crippen LogP contribution is -2.28. The first-order chi connectivity index (χ1) is 11.7. The van der Waals surface area contributed by atoms with Crippen LogP contribution in [0.3, 0.4) is 0 Å². The molecule has 0 amide bonds. The molecule has 1 aliphatic heterocycles. The average Bonchev–Trinajstić information content (AvgIpc) is 2.60. The van der Waals surface area contributed by atoms with Crippen molar-refractivity contribution in [2.24, 2.45) is 15.8 Å². The number of guanidine groups is 1. The van der Waals surface area contributed by atoms with Crippen molar-refractivity contribution in [3.05, 3.63) is 52.5 Å². The maximum Gasteiger partial charge on any atom is 0.214 e. The number of halogens is 1. The van der Waals surface area contributed by atoms with Gasteiger partial charge in [0.25, 0.3) is 0 Å². The number of rotatable bonds is 3. The predicted octanol–water partition coefficient (Wildman–Crippen LogP) is 3.89. The van der Waals surface area contributed by atoms with Crippen LogP contribution in [0, 0.1) is 0 Å². The second kappa shape index (κ2) is 7.72. The summed E-state index contributed by atoms with van der Waals surface area (Å²) >= 11 is 5.35. The molecule has 0 spiro atoms. The molecule has 0 atom stereocenters. The Hall–Kier alpha value is -1.99. The van der Waals surface area contributed by atoms with Gasteiger partial charge in [0.1, 0.15) is 5.75 Å². The van der Waals surface area contributed by atoms with Crippen LogP contribution >= 0.6 is 27.7 Å². The van der Waals surface area contributed by atoms with Crippen LogP contribution in [0.1, 0.15) is 12.0 Å². The third-order valence-electron chi connectivity index (χ3n) is 3.48. The molecule has 0 unspecified atom stereocenters. The number of nitrogens with two attached hydrogens (primary N) is 1. The summed E-state index contributed by atoms with van der Waals surface area (Å²) in [5.74, 6) is 2.04. The zero-order valence-corrected chi connectivity index (χ0v) is 15.5. The molecule has 0 fully saturated rings. The van der Waals surface area contributed by atoms with Gasteiger partial charge in [-0.2, -0.15) is 5.10 Å². The van der Waals surface area contributed by atoms with Crippen molar-refractivity contribution >= 4 is 45.1 Å². The normalized spacial score (nSPS) is 15.9. The number of aliphatic imine (C=N–C) groups is 1. The Bertz CT molecular complexity index is 790. The van der Waals surface area contributed by atoms with Crippen LogP contribution in [-0.4, -0.2) is 24.5 Å². The first kappa shape index (κ1) is 16.9. The standard InChI is InChI=1S/C17H17BrN4OS/c1-23-13-5-3-12(4-6-13)20-17(19)22-21-15-8-9-24-16-7-2-11(18)10-14(15)16/h2-7,10H,8-9H2,1H3,(H3,19,20,22)/b21-15+. The first-order valence-corrected chi connectivity index (χ1v) is 9.17. The molecule has 1 heterocycles. The van der Waals surface area contributed by atoms with Gasteiger partial charge in [0.05, 0.1) is 18.5 Å². The Balaban J connectivity index is 1.75. The van der Waals surface area contributed by atoms with Gasteiger partial charge >= 0.3 is 0 Å². The van der Waals surface area contributed by atoms with E-state index in [2.05, 4.69) is 43.6 Å². The number of hydrazone groups is 1. The van der Waals surface area contributed by atoms with E-state index in [1.54, 1.807) is 7.11 Å². The van der Waals surface area contributed by atoms with E-state index < -0.39 is 0 Å². The minimum atomic E-state index is 0.252. The van der Waals surface area contributed by atoms with Crippen LogP contribution in [0.2, 0.25) is 0 Å². The highest BCUT2D eigenvalue weighted by Gasteiger charge is 2.16. The molecule has 2 aromatic carbocycles. The van der Waals surface area contributed by atoms with E-state index in [1.165, 1.54) is 4.90 Å². The first-order valence-electron chi connectivity index (χ1n) is 7.39. The summed E-state index contributed by atoms with van der Waals surface area (Å²) in [5, 5.41) is 4.45. The Kier molecular flexibility index (Phi) is 5.42. The van der Waals surface area contributed by atoms with Crippen LogP contribution in [0.4, 0.5) is 5.69 Å². The molecule has 1 aliphatic rings. The molecule has 0 saturated heterocycles. The minimum Gasteiger partial charge on any atom is -0.497 e. The van der Waals surface area contributed by atoms with Gasteiger partial charge in [-0.15, -0.1) is 11.8 Å². The summed E-state index contributed by atoms with van der Waals surface area (Å²) in [6.45, 7) is 0. The van der Waals surface area contributed by atoms with E-state index in [-0.39, 0.29) is 5.96 Å². The summed E-state index contributed by atoms with van der Waals surface area (Å²) in [4.78, 5) is 5.53. The average molecular weight is 405 g/mol. The molecule has 24 heavy (non-hydrogen) atoms. The fourth-order valence-electron chi connectivity index (χ4n) is 2.31. The van der Waals surface area contributed by atoms with Gasteiger partial charge in [-0.25, -0.2) is 10.4 Å². The summed E-state index contributed by atoms with van der Waals surface area (Å²) in [6.07, 6.45) is 0.886. The highest BCUT2D eigenvalue weighted by Crippen LogP contribution is 2.32. The van der Waals surface area contributed by atoms with Gasteiger partial charge in [0.15, 0.2) is 0 Å². The topological polar surface area (TPSA) is 72.0 Å². The highest BCUT2D eigenvalue weighted by atomic mass is 79.9. The van der Waals surface area contributed by atoms with Crippen LogP contribution in [-0.2, 0) is 0 Å². The van der Waals surface area contributed by atoms with E-state index in [9.17, 15) is 0 Å². The van der Waals surface area contributed by atoms with Gasteiger partial charge in [-0.05, 0) is 42.5 Å². The van der Waals surface area contributed by atoms with Crippen LogP contribution in [0.15, 0.2) is 61.9 Å². The molecule has 0 saturated carbocycles. The molecule has 3 rings (SSSR count). The SMILES string of the molecule is COc1ccc(N=C(N)N/N=C2\CCSc3ccc(Br)cc32)cc1. The maximum atomic E-state index is 5.93. The van der Waals surface area contributed by atoms with Crippen molar-refractivity contribution in [3.8, 4) is 5.75 Å². The van der Waals surface area contributed by atoms with Crippen molar-refractivity contribution in [1.82, 2.24) is 5.43 Å². The van der Waals surface area contributed by atoms with E-state index in [4.69, 9.17) is 10.5 Å². The number of fused-ring (bicyclic) bond motifs is 1. The van der Waals surface area contributed by atoms with Crippen molar-refractivity contribution in [3.63, 3.8) is 0 Å². The van der Waals surface area contributed by atoms with Crippen LogP contribution < -0.4 is 15.9 Å². The number of hydrogen-bond donors (Lipinski definition) is 2. The minimum absolute atomic E-state index is 0.252. The third-order valence-corrected chi connectivity index (χ3v) is 5.04. The van der Waals surface area contributed by atoms with E-state index >= 15 is 0 Å². The summed E-state index contributed by atoms with van der Waals surface area (Å²) in [7, 11) is 1.63. The lowest BCUT2D eigenvalue weighted by atomic mass is 10.1.